The van der Waals surface area contributed by atoms with E-state index in [1.54, 1.807) is 0 Å². The second-order valence-corrected chi connectivity index (χ2v) is 5.36. The summed E-state index contributed by atoms with van der Waals surface area (Å²) in [5, 5.41) is 9.38. The van der Waals surface area contributed by atoms with Gasteiger partial charge >= 0.3 is 0 Å². The molecule has 1 N–H and O–H groups in total. The zero-order valence-corrected chi connectivity index (χ0v) is 11.2. The Morgan fingerprint density at radius 2 is 2.31 bits per heavy atom. The highest BCUT2D eigenvalue weighted by atomic mass is 79.9. The summed E-state index contributed by atoms with van der Waals surface area (Å²) in [6.45, 7) is 4.61. The Kier molecular flexibility index (Phi) is 3.87. The van der Waals surface area contributed by atoms with Crippen LogP contribution in [0.4, 0.5) is 5.69 Å². The third kappa shape index (κ3) is 2.41. The molecule has 0 radical (unpaired) electrons. The first-order chi connectivity index (χ1) is 7.74. The number of rotatable bonds is 3. The van der Waals surface area contributed by atoms with Crippen molar-refractivity contribution < 1.29 is 5.11 Å². The summed E-state index contributed by atoms with van der Waals surface area (Å²) >= 11 is 3.44. The van der Waals surface area contributed by atoms with Crippen molar-refractivity contribution in [3.05, 3.63) is 28.2 Å². The summed E-state index contributed by atoms with van der Waals surface area (Å²) < 4.78 is 1.03. The smallest absolute Gasteiger partial charge is 0.0702 e. The van der Waals surface area contributed by atoms with Crippen molar-refractivity contribution >= 4 is 21.6 Å². The molecule has 1 heterocycles. The molecule has 0 saturated carbocycles. The number of nitrogens with zero attached hydrogens (tertiary/aromatic N) is 1. The molecular weight excluding hydrogens is 266 g/mol. The first kappa shape index (κ1) is 11.9. The molecular formula is C13H18BrNO. The van der Waals surface area contributed by atoms with Crippen molar-refractivity contribution in [3.63, 3.8) is 0 Å². The summed E-state index contributed by atoms with van der Waals surface area (Å²) in [4.78, 5) is 2.40. The van der Waals surface area contributed by atoms with Crippen molar-refractivity contribution in [2.45, 2.75) is 26.4 Å². The molecule has 2 nitrogen and oxygen atoms in total. The predicted molar refractivity (Wildman–Crippen MR) is 70.7 cm³/mol. The minimum atomic E-state index is 0.113. The van der Waals surface area contributed by atoms with Crippen molar-refractivity contribution in [1.29, 1.82) is 0 Å². The van der Waals surface area contributed by atoms with Gasteiger partial charge in [0.2, 0.25) is 0 Å². The lowest BCUT2D eigenvalue weighted by atomic mass is 10.1. The van der Waals surface area contributed by atoms with Crippen molar-refractivity contribution in [1.82, 2.24) is 0 Å². The van der Waals surface area contributed by atoms with E-state index in [4.69, 9.17) is 0 Å². The quantitative estimate of drug-likeness (QED) is 0.921. The van der Waals surface area contributed by atoms with Gasteiger partial charge in [-0.25, -0.2) is 0 Å². The van der Waals surface area contributed by atoms with E-state index < -0.39 is 0 Å². The Morgan fingerprint density at radius 3 is 2.94 bits per heavy atom. The third-order valence-corrected chi connectivity index (χ3v) is 3.91. The van der Waals surface area contributed by atoms with Gasteiger partial charge in [-0.2, -0.15) is 0 Å². The second-order valence-electron chi connectivity index (χ2n) is 4.44. The number of anilines is 1. The van der Waals surface area contributed by atoms with E-state index in [2.05, 4.69) is 33.8 Å². The molecule has 1 unspecified atom stereocenters. The molecule has 0 amide bonds. The van der Waals surface area contributed by atoms with Gasteiger partial charge in [-0.1, -0.05) is 29.3 Å². The fourth-order valence-electron chi connectivity index (χ4n) is 2.37. The van der Waals surface area contributed by atoms with Gasteiger partial charge < -0.3 is 10.0 Å². The highest BCUT2D eigenvalue weighted by Gasteiger charge is 2.22. The Balaban J connectivity index is 2.20. The number of benzene rings is 1. The largest absolute Gasteiger partial charge is 0.392 e. The van der Waals surface area contributed by atoms with E-state index in [0.717, 1.165) is 29.0 Å². The van der Waals surface area contributed by atoms with Crippen LogP contribution in [0.2, 0.25) is 0 Å². The van der Waals surface area contributed by atoms with Crippen molar-refractivity contribution in [3.8, 4) is 0 Å². The van der Waals surface area contributed by atoms with E-state index in [1.807, 2.05) is 12.1 Å². The van der Waals surface area contributed by atoms with Gasteiger partial charge in [0.15, 0.2) is 0 Å². The maximum absolute atomic E-state index is 9.38. The van der Waals surface area contributed by atoms with Crippen LogP contribution in [-0.2, 0) is 6.61 Å². The van der Waals surface area contributed by atoms with Crippen LogP contribution < -0.4 is 4.90 Å². The van der Waals surface area contributed by atoms with Crippen LogP contribution in [0, 0.1) is 5.92 Å². The lowest BCUT2D eigenvalue weighted by Gasteiger charge is -2.21. The summed E-state index contributed by atoms with van der Waals surface area (Å²) in [5.41, 5.74) is 2.22. The Labute approximate surface area is 105 Å². The Bertz CT molecular complexity index is 367. The average Bonchev–Trinajstić information content (AvgIpc) is 2.77. The summed E-state index contributed by atoms with van der Waals surface area (Å²) in [5.74, 6) is 0.815. The predicted octanol–water partition coefficient (Wildman–Crippen LogP) is 3.18. The number of halogens is 1. The Morgan fingerprint density at radius 1 is 1.50 bits per heavy atom. The van der Waals surface area contributed by atoms with Gasteiger partial charge in [0.25, 0.3) is 0 Å². The Hall–Kier alpha value is -0.540. The molecule has 0 bridgehead atoms. The molecule has 0 spiro atoms. The molecule has 16 heavy (non-hydrogen) atoms. The summed E-state index contributed by atoms with van der Waals surface area (Å²) in [6.07, 6.45) is 2.53. The fourth-order valence-corrected chi connectivity index (χ4v) is 2.78. The number of aliphatic hydroxyl groups is 1. The molecule has 88 valence electrons. The average molecular weight is 284 g/mol. The number of hydrogen-bond acceptors (Lipinski definition) is 2. The van der Waals surface area contributed by atoms with Crippen molar-refractivity contribution in [2.24, 2.45) is 5.92 Å². The minimum absolute atomic E-state index is 0.113. The highest BCUT2D eigenvalue weighted by Crippen LogP contribution is 2.30. The SMILES string of the molecule is CCC1CCN(c2ccc(Br)cc2CO)C1. The molecule has 1 saturated heterocycles. The monoisotopic (exact) mass is 283 g/mol. The molecule has 1 fully saturated rings. The van der Waals surface area contributed by atoms with E-state index in [-0.39, 0.29) is 6.61 Å². The van der Waals surface area contributed by atoms with Crippen LogP contribution >= 0.6 is 15.9 Å². The van der Waals surface area contributed by atoms with E-state index in [9.17, 15) is 5.11 Å². The number of hydrogen-bond donors (Lipinski definition) is 1. The lowest BCUT2D eigenvalue weighted by molar-refractivity contribution is 0.282. The minimum Gasteiger partial charge on any atom is -0.392 e. The maximum Gasteiger partial charge on any atom is 0.0702 e. The van der Waals surface area contributed by atoms with Gasteiger partial charge in [-0.3, -0.25) is 0 Å². The molecule has 1 aromatic rings. The van der Waals surface area contributed by atoms with Crippen molar-refractivity contribution in [2.75, 3.05) is 18.0 Å². The van der Waals surface area contributed by atoms with Crippen LogP contribution in [0.25, 0.3) is 0 Å². The fraction of sp³-hybridized carbons (Fsp3) is 0.538. The lowest BCUT2D eigenvalue weighted by Crippen LogP contribution is -2.20. The standard InChI is InChI=1S/C13H18BrNO/c1-2-10-5-6-15(8-10)13-4-3-12(14)7-11(13)9-16/h3-4,7,10,16H,2,5-6,8-9H2,1H3. The summed E-state index contributed by atoms with van der Waals surface area (Å²) in [6, 6.07) is 6.16. The van der Waals surface area contributed by atoms with Crippen LogP contribution in [0.15, 0.2) is 22.7 Å². The zero-order chi connectivity index (χ0) is 11.5. The molecule has 3 heteroatoms. The van der Waals surface area contributed by atoms with Crippen LogP contribution in [0.1, 0.15) is 25.3 Å². The molecule has 1 aliphatic heterocycles. The molecule has 2 rings (SSSR count). The summed E-state index contributed by atoms with van der Waals surface area (Å²) in [7, 11) is 0. The second kappa shape index (κ2) is 5.19. The van der Waals surface area contributed by atoms with Crippen LogP contribution in [0.5, 0.6) is 0 Å². The van der Waals surface area contributed by atoms with Crippen LogP contribution in [-0.4, -0.2) is 18.2 Å². The molecule has 0 aromatic heterocycles. The van der Waals surface area contributed by atoms with Gasteiger partial charge in [0.05, 0.1) is 6.61 Å². The maximum atomic E-state index is 9.38. The van der Waals surface area contributed by atoms with E-state index in [0.29, 0.717) is 0 Å². The van der Waals surface area contributed by atoms with E-state index >= 15 is 0 Å². The molecule has 0 aliphatic carbocycles. The molecule has 1 atom stereocenters. The van der Waals surface area contributed by atoms with Gasteiger partial charge in [-0.05, 0) is 30.5 Å². The van der Waals surface area contributed by atoms with Crippen LogP contribution in [0.3, 0.4) is 0 Å². The zero-order valence-electron chi connectivity index (χ0n) is 9.62. The van der Waals surface area contributed by atoms with Gasteiger partial charge in [0.1, 0.15) is 0 Å². The number of aliphatic hydroxyl groups excluding tert-OH is 1. The first-order valence-electron chi connectivity index (χ1n) is 5.88. The third-order valence-electron chi connectivity index (χ3n) is 3.42. The normalized spacial score (nSPS) is 20.4. The highest BCUT2D eigenvalue weighted by molar-refractivity contribution is 9.10. The van der Waals surface area contributed by atoms with Gasteiger partial charge in [0, 0.05) is 28.8 Å². The van der Waals surface area contributed by atoms with E-state index in [1.165, 1.54) is 18.5 Å². The first-order valence-corrected chi connectivity index (χ1v) is 6.68. The van der Waals surface area contributed by atoms with Gasteiger partial charge in [-0.15, -0.1) is 0 Å². The molecule has 1 aliphatic rings. The topological polar surface area (TPSA) is 23.5 Å². The molecule has 1 aromatic carbocycles.